The first-order chi connectivity index (χ1) is 14.3. The van der Waals surface area contributed by atoms with Crippen LogP contribution in [0, 0.1) is 0 Å². The Kier molecular flexibility index (Phi) is 7.46. The van der Waals surface area contributed by atoms with E-state index in [-0.39, 0.29) is 18.1 Å². The molecule has 0 aromatic heterocycles. The maximum Gasteiger partial charge on any atom is 0.343 e. The van der Waals surface area contributed by atoms with Gasteiger partial charge in [0, 0.05) is 20.1 Å². The molecule has 2 aromatic rings. The lowest BCUT2D eigenvalue weighted by Crippen LogP contribution is -2.27. The van der Waals surface area contributed by atoms with Gasteiger partial charge in [-0.25, -0.2) is 4.79 Å². The molecule has 0 atom stereocenters. The van der Waals surface area contributed by atoms with Gasteiger partial charge in [0.1, 0.15) is 5.75 Å². The van der Waals surface area contributed by atoms with Gasteiger partial charge in [0.15, 0.2) is 6.61 Å². The minimum Gasteiger partial charge on any atom is -0.481 e. The van der Waals surface area contributed by atoms with Crippen molar-refractivity contribution in [3.63, 3.8) is 0 Å². The zero-order valence-electron chi connectivity index (χ0n) is 15.5. The first kappa shape index (κ1) is 22.7. The molecule has 6 nitrogen and oxygen atoms in total. The van der Waals surface area contributed by atoms with Crippen LogP contribution in [0.2, 0.25) is 10.0 Å². The molecule has 0 saturated carbocycles. The molecular formula is C20H14BrCl2NO5S. The number of halogens is 3. The van der Waals surface area contributed by atoms with Gasteiger partial charge in [-0.3, -0.25) is 14.5 Å². The number of methoxy groups -OCH3 is 1. The van der Waals surface area contributed by atoms with Crippen LogP contribution in [0.4, 0.5) is 4.79 Å². The minimum atomic E-state index is -0.538. The van der Waals surface area contributed by atoms with Crippen molar-refractivity contribution in [1.29, 1.82) is 0 Å². The summed E-state index contributed by atoms with van der Waals surface area (Å²) in [6, 6.07) is 9.97. The third-order valence-electron chi connectivity index (χ3n) is 4.05. The third-order valence-corrected chi connectivity index (χ3v) is 6.04. The molecule has 156 valence electrons. The molecule has 30 heavy (non-hydrogen) atoms. The fraction of sp³-hybridized carbons (Fsp3) is 0.150. The van der Waals surface area contributed by atoms with E-state index in [0.29, 0.717) is 26.9 Å². The Bertz CT molecular complexity index is 1060. The summed E-state index contributed by atoms with van der Waals surface area (Å²) in [6.45, 7) is -0.252. The predicted octanol–water partition coefficient (Wildman–Crippen LogP) is 5.54. The Morgan fingerprint density at radius 2 is 1.97 bits per heavy atom. The molecule has 0 N–H and O–H groups in total. The summed E-state index contributed by atoms with van der Waals surface area (Å²) >= 11 is 16.2. The van der Waals surface area contributed by atoms with Gasteiger partial charge in [-0.05, 0) is 53.7 Å². The standard InChI is InChI=1S/C20H14BrCl2NO5S/c1-28-18(25)10-29-16-5-3-13(21)6-12(16)7-17-19(26)24(20(27)30-17)9-11-2-4-14(22)8-15(11)23/h2-8H,9-10H2,1H3/b17-7-. The summed E-state index contributed by atoms with van der Waals surface area (Å²) in [5.74, 6) is -0.616. The quantitative estimate of drug-likeness (QED) is 0.360. The number of ether oxygens (including phenoxy) is 2. The lowest BCUT2D eigenvalue weighted by Gasteiger charge is -2.13. The molecule has 0 bridgehead atoms. The van der Waals surface area contributed by atoms with Crippen LogP contribution in [0.3, 0.4) is 0 Å². The summed E-state index contributed by atoms with van der Waals surface area (Å²) in [5.41, 5.74) is 1.14. The molecule has 1 heterocycles. The van der Waals surface area contributed by atoms with Crippen molar-refractivity contribution >= 4 is 74.1 Å². The predicted molar refractivity (Wildman–Crippen MR) is 120 cm³/mol. The van der Waals surface area contributed by atoms with Crippen molar-refractivity contribution in [1.82, 2.24) is 4.90 Å². The molecular weight excluding hydrogens is 517 g/mol. The highest BCUT2D eigenvalue weighted by atomic mass is 79.9. The van der Waals surface area contributed by atoms with E-state index in [0.717, 1.165) is 21.1 Å². The summed E-state index contributed by atoms with van der Waals surface area (Å²) in [7, 11) is 1.26. The summed E-state index contributed by atoms with van der Waals surface area (Å²) in [4.78, 5) is 38.0. The number of benzene rings is 2. The van der Waals surface area contributed by atoms with E-state index < -0.39 is 17.1 Å². The Balaban J connectivity index is 1.84. The number of hydrogen-bond donors (Lipinski definition) is 0. The molecule has 2 aromatic carbocycles. The average Bonchev–Trinajstić information content (AvgIpc) is 2.96. The number of thioether (sulfide) groups is 1. The number of nitrogens with zero attached hydrogens (tertiary/aromatic N) is 1. The fourth-order valence-electron chi connectivity index (χ4n) is 2.56. The van der Waals surface area contributed by atoms with Crippen LogP contribution in [0.1, 0.15) is 11.1 Å². The summed E-state index contributed by atoms with van der Waals surface area (Å²) in [6.07, 6.45) is 1.55. The van der Waals surface area contributed by atoms with Crippen molar-refractivity contribution in [3.05, 3.63) is 66.9 Å². The second kappa shape index (κ2) is 9.87. The summed E-state index contributed by atoms with van der Waals surface area (Å²) < 4.78 is 10.8. The highest BCUT2D eigenvalue weighted by molar-refractivity contribution is 9.10. The van der Waals surface area contributed by atoms with Gasteiger partial charge >= 0.3 is 5.97 Å². The third kappa shape index (κ3) is 5.37. The van der Waals surface area contributed by atoms with E-state index in [9.17, 15) is 14.4 Å². The first-order valence-electron chi connectivity index (χ1n) is 8.47. The maximum atomic E-state index is 12.8. The van der Waals surface area contributed by atoms with Gasteiger partial charge in [0.25, 0.3) is 11.1 Å². The largest absolute Gasteiger partial charge is 0.481 e. The van der Waals surface area contributed by atoms with Gasteiger partial charge in [-0.15, -0.1) is 0 Å². The smallest absolute Gasteiger partial charge is 0.343 e. The van der Waals surface area contributed by atoms with Crippen molar-refractivity contribution in [2.45, 2.75) is 6.54 Å². The molecule has 10 heteroatoms. The van der Waals surface area contributed by atoms with Gasteiger partial charge < -0.3 is 9.47 Å². The second-order valence-electron chi connectivity index (χ2n) is 6.05. The topological polar surface area (TPSA) is 72.9 Å². The molecule has 2 amide bonds. The lowest BCUT2D eigenvalue weighted by molar-refractivity contribution is -0.142. The van der Waals surface area contributed by atoms with Crippen LogP contribution in [0.15, 0.2) is 45.8 Å². The minimum absolute atomic E-state index is 0.0300. The lowest BCUT2D eigenvalue weighted by atomic mass is 10.1. The van der Waals surface area contributed by atoms with Gasteiger partial charge in [-0.2, -0.15) is 0 Å². The normalized spacial score (nSPS) is 15.1. The monoisotopic (exact) mass is 529 g/mol. The maximum absolute atomic E-state index is 12.8. The molecule has 0 aliphatic carbocycles. The molecule has 3 rings (SSSR count). The Morgan fingerprint density at radius 1 is 1.20 bits per heavy atom. The first-order valence-corrected chi connectivity index (χ1v) is 10.8. The van der Waals surface area contributed by atoms with Crippen LogP contribution in [-0.4, -0.2) is 35.7 Å². The van der Waals surface area contributed by atoms with Crippen molar-refractivity contribution < 1.29 is 23.9 Å². The van der Waals surface area contributed by atoms with Crippen molar-refractivity contribution in [3.8, 4) is 5.75 Å². The van der Waals surface area contributed by atoms with Crippen LogP contribution in [0.25, 0.3) is 6.08 Å². The zero-order valence-corrected chi connectivity index (χ0v) is 19.4. The molecule has 0 radical (unpaired) electrons. The number of carbonyl (C=O) groups excluding carboxylic acids is 3. The molecule has 1 fully saturated rings. The SMILES string of the molecule is COC(=O)COc1ccc(Br)cc1/C=C1\SC(=O)N(Cc2ccc(Cl)cc2Cl)C1=O. The second-order valence-corrected chi connectivity index (χ2v) is 8.80. The number of hydrogen-bond acceptors (Lipinski definition) is 6. The molecule has 0 spiro atoms. The Morgan fingerprint density at radius 3 is 2.67 bits per heavy atom. The van der Waals surface area contributed by atoms with Crippen LogP contribution >= 0.6 is 50.9 Å². The summed E-state index contributed by atoms with van der Waals surface area (Å²) in [5, 5.41) is 0.423. The van der Waals surface area contributed by atoms with E-state index in [4.69, 9.17) is 27.9 Å². The molecule has 1 aliphatic heterocycles. The molecule has 1 aliphatic rings. The van der Waals surface area contributed by atoms with E-state index in [1.807, 2.05) is 0 Å². The number of rotatable bonds is 6. The van der Waals surface area contributed by atoms with E-state index in [1.165, 1.54) is 7.11 Å². The highest BCUT2D eigenvalue weighted by Crippen LogP contribution is 2.36. The number of imide groups is 1. The fourth-order valence-corrected chi connectivity index (χ4v) is 4.23. The van der Waals surface area contributed by atoms with Gasteiger partial charge in [-0.1, -0.05) is 45.2 Å². The number of carbonyl (C=O) groups is 3. The van der Waals surface area contributed by atoms with Crippen molar-refractivity contribution in [2.24, 2.45) is 0 Å². The van der Waals surface area contributed by atoms with E-state index in [2.05, 4.69) is 20.7 Å². The zero-order chi connectivity index (χ0) is 21.8. The van der Waals surface area contributed by atoms with E-state index in [1.54, 1.807) is 42.5 Å². The number of amides is 2. The number of esters is 1. The molecule has 0 unspecified atom stereocenters. The van der Waals surface area contributed by atoms with Crippen molar-refractivity contribution in [2.75, 3.05) is 13.7 Å². The van der Waals surface area contributed by atoms with Gasteiger partial charge in [0.05, 0.1) is 18.6 Å². The average molecular weight is 531 g/mol. The van der Waals surface area contributed by atoms with Gasteiger partial charge in [0.2, 0.25) is 0 Å². The Hall–Kier alpha value is -2.00. The van der Waals surface area contributed by atoms with Crippen LogP contribution in [0.5, 0.6) is 5.75 Å². The van der Waals surface area contributed by atoms with Crippen LogP contribution < -0.4 is 4.74 Å². The van der Waals surface area contributed by atoms with E-state index >= 15 is 0 Å². The highest BCUT2D eigenvalue weighted by Gasteiger charge is 2.35. The Labute approximate surface area is 195 Å². The van der Waals surface area contributed by atoms with Crippen LogP contribution in [-0.2, 0) is 20.9 Å². The molecule has 1 saturated heterocycles.